The third kappa shape index (κ3) is 8.54. The zero-order valence-corrected chi connectivity index (χ0v) is 19.6. The Labute approximate surface area is 176 Å². The summed E-state index contributed by atoms with van der Waals surface area (Å²) in [6.45, 7) is 4.98. The molecule has 1 rings (SSSR count). The molecule has 0 aliphatic heterocycles. The van der Waals surface area contributed by atoms with Crippen LogP contribution in [0.2, 0.25) is 0 Å². The van der Waals surface area contributed by atoms with Crippen molar-refractivity contribution in [2.45, 2.75) is 38.9 Å². The minimum atomic E-state index is -4.91. The van der Waals surface area contributed by atoms with Crippen molar-refractivity contribution in [2.75, 3.05) is 10.2 Å². The molecule has 12 nitrogen and oxygen atoms in total. The molecule has 0 atom stereocenters. The van der Waals surface area contributed by atoms with Crippen LogP contribution in [0, 0.1) is 0 Å². The molecule has 2 N–H and O–H groups in total. The van der Waals surface area contributed by atoms with E-state index in [1.807, 2.05) is 0 Å². The Morgan fingerprint density at radius 2 is 0.933 bits per heavy atom. The van der Waals surface area contributed by atoms with E-state index in [2.05, 4.69) is 0 Å². The second-order valence-electron chi connectivity index (χ2n) is 7.25. The van der Waals surface area contributed by atoms with Crippen molar-refractivity contribution in [1.82, 2.24) is 0 Å². The van der Waals surface area contributed by atoms with Crippen molar-refractivity contribution in [3.8, 4) is 0 Å². The molecule has 0 amide bonds. The molecule has 0 aliphatic carbocycles. The molecule has 1 aromatic rings. The standard InChI is InChI=1S/C14H22O12S4/c1-13(2,25-29(21,22)9-27(15,16)17)11-7-5-6-8-12(11)14(3,4)26-30(23,24)10-28(18,19)20/h5-8H,9-10H2,1-4H3,(H,15,16,17)(H,18,19,20). The van der Waals surface area contributed by atoms with Gasteiger partial charge in [-0.1, -0.05) is 24.3 Å². The van der Waals surface area contributed by atoms with E-state index in [0.29, 0.717) is 0 Å². The lowest BCUT2D eigenvalue weighted by atomic mass is 9.86. The molecule has 0 spiro atoms. The van der Waals surface area contributed by atoms with E-state index in [9.17, 15) is 33.7 Å². The summed E-state index contributed by atoms with van der Waals surface area (Å²) >= 11 is 0. The Hall–Kier alpha value is -1.14. The summed E-state index contributed by atoms with van der Waals surface area (Å²) < 4.78 is 119. The number of benzene rings is 1. The van der Waals surface area contributed by atoms with Crippen LogP contribution >= 0.6 is 0 Å². The van der Waals surface area contributed by atoms with Gasteiger partial charge >= 0.3 is 0 Å². The minimum absolute atomic E-state index is 0.0657. The van der Waals surface area contributed by atoms with Crippen LogP contribution in [-0.4, -0.2) is 52.9 Å². The monoisotopic (exact) mass is 510 g/mol. The second-order valence-corrected chi connectivity index (χ2v) is 14.0. The lowest BCUT2D eigenvalue weighted by molar-refractivity contribution is 0.0917. The molecule has 0 saturated heterocycles. The van der Waals surface area contributed by atoms with Crippen molar-refractivity contribution in [3.05, 3.63) is 35.4 Å². The van der Waals surface area contributed by atoms with Crippen LogP contribution in [0.4, 0.5) is 0 Å². The van der Waals surface area contributed by atoms with Crippen LogP contribution in [0.25, 0.3) is 0 Å². The molecule has 0 heterocycles. The van der Waals surface area contributed by atoms with Gasteiger partial charge in [-0.25, -0.2) is 0 Å². The Bertz CT molecular complexity index is 1110. The molecular formula is C14H22O12S4. The fourth-order valence-electron chi connectivity index (χ4n) is 2.67. The lowest BCUT2D eigenvalue weighted by Gasteiger charge is -2.33. The molecule has 174 valence electrons. The van der Waals surface area contributed by atoms with Gasteiger partial charge in [0, 0.05) is 0 Å². The molecule has 30 heavy (non-hydrogen) atoms. The second kappa shape index (κ2) is 8.42. The fourth-order valence-corrected chi connectivity index (χ4v) is 7.42. The summed E-state index contributed by atoms with van der Waals surface area (Å²) in [5, 5.41) is -3.40. The summed E-state index contributed by atoms with van der Waals surface area (Å²) in [6.07, 6.45) is 0. The highest BCUT2D eigenvalue weighted by Crippen LogP contribution is 2.37. The molecule has 1 aromatic carbocycles. The first-order valence-electron chi connectivity index (χ1n) is 7.92. The van der Waals surface area contributed by atoms with Crippen LogP contribution in [0.15, 0.2) is 24.3 Å². The summed E-state index contributed by atoms with van der Waals surface area (Å²) in [5.41, 5.74) is -3.38. The van der Waals surface area contributed by atoms with E-state index >= 15 is 0 Å². The topological polar surface area (TPSA) is 195 Å². The van der Waals surface area contributed by atoms with Gasteiger partial charge in [0.2, 0.25) is 10.2 Å². The summed E-state index contributed by atoms with van der Waals surface area (Å²) in [6, 6.07) is 5.64. The Morgan fingerprint density at radius 1 is 0.667 bits per heavy atom. The maximum absolute atomic E-state index is 12.0. The first-order valence-corrected chi connectivity index (χ1v) is 14.3. The highest BCUT2D eigenvalue weighted by Gasteiger charge is 2.39. The van der Waals surface area contributed by atoms with Crippen LogP contribution in [-0.2, 0) is 60.0 Å². The predicted octanol–water partition coefficient (Wildman–Crippen LogP) is 0.540. The van der Waals surface area contributed by atoms with Crippen LogP contribution in [0.1, 0.15) is 38.8 Å². The molecule has 0 fully saturated rings. The van der Waals surface area contributed by atoms with Crippen molar-refractivity contribution in [1.29, 1.82) is 0 Å². The lowest BCUT2D eigenvalue weighted by Crippen LogP contribution is -2.35. The Morgan fingerprint density at radius 3 is 1.17 bits per heavy atom. The minimum Gasteiger partial charge on any atom is -0.285 e. The van der Waals surface area contributed by atoms with E-state index in [4.69, 9.17) is 17.5 Å². The van der Waals surface area contributed by atoms with Gasteiger partial charge in [-0.3, -0.25) is 17.5 Å². The molecular weight excluding hydrogens is 488 g/mol. The number of rotatable bonds is 10. The number of hydrogen-bond acceptors (Lipinski definition) is 10. The highest BCUT2D eigenvalue weighted by molar-refractivity contribution is 8.03. The first-order chi connectivity index (χ1) is 13.1. The van der Waals surface area contributed by atoms with Crippen LogP contribution < -0.4 is 0 Å². The Balaban J connectivity index is 3.41. The van der Waals surface area contributed by atoms with Gasteiger partial charge in [0.1, 0.15) is 11.2 Å². The van der Waals surface area contributed by atoms with Gasteiger partial charge in [0.15, 0.2) is 0 Å². The summed E-state index contributed by atoms with van der Waals surface area (Å²) in [5.74, 6) is 0. The smallest absolute Gasteiger partial charge is 0.285 e. The van der Waals surface area contributed by atoms with E-state index in [1.54, 1.807) is 0 Å². The first kappa shape index (κ1) is 26.9. The van der Waals surface area contributed by atoms with Gasteiger partial charge in [0.05, 0.1) is 0 Å². The SMILES string of the molecule is CC(C)(OS(=O)(=O)CS(=O)(=O)O)c1ccccc1C(C)(C)OS(=O)(=O)CS(=O)(=O)O. The molecule has 0 aromatic heterocycles. The average molecular weight is 511 g/mol. The van der Waals surface area contributed by atoms with Crippen LogP contribution in [0.3, 0.4) is 0 Å². The fraction of sp³-hybridized carbons (Fsp3) is 0.571. The molecule has 16 heteroatoms. The average Bonchev–Trinajstić information content (AvgIpc) is 2.39. The van der Waals surface area contributed by atoms with Crippen molar-refractivity contribution in [3.63, 3.8) is 0 Å². The zero-order valence-electron chi connectivity index (χ0n) is 16.3. The van der Waals surface area contributed by atoms with E-state index in [-0.39, 0.29) is 11.1 Å². The van der Waals surface area contributed by atoms with Gasteiger partial charge in [-0.15, -0.1) is 0 Å². The van der Waals surface area contributed by atoms with Gasteiger partial charge in [-0.2, -0.15) is 33.7 Å². The number of hydrogen-bond donors (Lipinski definition) is 2. The van der Waals surface area contributed by atoms with Gasteiger partial charge in [0.25, 0.3) is 40.5 Å². The molecule has 0 radical (unpaired) electrons. The maximum Gasteiger partial charge on any atom is 0.285 e. The van der Waals surface area contributed by atoms with Gasteiger partial charge < -0.3 is 0 Å². The van der Waals surface area contributed by atoms with Crippen molar-refractivity contribution in [2.24, 2.45) is 0 Å². The predicted molar refractivity (Wildman–Crippen MR) is 105 cm³/mol. The van der Waals surface area contributed by atoms with Crippen molar-refractivity contribution >= 4 is 40.5 Å². The molecule has 0 bridgehead atoms. The van der Waals surface area contributed by atoms with E-state index in [1.165, 1.54) is 52.0 Å². The quantitative estimate of drug-likeness (QED) is 0.328. The largest absolute Gasteiger partial charge is 0.285 e. The normalized spacial score (nSPS) is 14.6. The zero-order chi connectivity index (χ0) is 23.8. The van der Waals surface area contributed by atoms with Crippen LogP contribution in [0.5, 0.6) is 0 Å². The van der Waals surface area contributed by atoms with Crippen molar-refractivity contribution < 1.29 is 51.1 Å². The van der Waals surface area contributed by atoms with Gasteiger partial charge in [-0.05, 0) is 38.8 Å². The summed E-state index contributed by atoms with van der Waals surface area (Å²) in [4.78, 5) is 0. The van der Waals surface area contributed by atoms with E-state index < -0.39 is 61.8 Å². The third-order valence-corrected chi connectivity index (χ3v) is 9.51. The highest BCUT2D eigenvalue weighted by atomic mass is 32.3. The third-order valence-electron chi connectivity index (χ3n) is 3.48. The van der Waals surface area contributed by atoms with E-state index in [0.717, 1.165) is 0 Å². The molecule has 0 saturated carbocycles. The molecule has 0 unspecified atom stereocenters. The Kier molecular flexibility index (Phi) is 7.55. The molecule has 0 aliphatic rings. The maximum atomic E-state index is 12.0. The summed E-state index contributed by atoms with van der Waals surface area (Å²) in [7, 11) is -19.4.